The summed E-state index contributed by atoms with van der Waals surface area (Å²) in [7, 11) is 0.00849. The minimum absolute atomic E-state index is 0.00849. The van der Waals surface area contributed by atoms with E-state index >= 15 is 0 Å². The van der Waals surface area contributed by atoms with E-state index in [1.165, 1.54) is 18.9 Å². The number of aliphatic hydroxyl groups is 2. The lowest BCUT2D eigenvalue weighted by molar-refractivity contribution is 0.186. The van der Waals surface area contributed by atoms with Crippen molar-refractivity contribution in [1.29, 1.82) is 0 Å². The average Bonchev–Trinajstić information content (AvgIpc) is 2.24. The van der Waals surface area contributed by atoms with Crippen LogP contribution in [-0.2, 0) is 4.43 Å². The summed E-state index contributed by atoms with van der Waals surface area (Å²) in [6.07, 6.45) is 2.75. The SMILES string of the molecule is C1CC[SiH2]OC1.C=C.OCCO. The van der Waals surface area contributed by atoms with Crippen molar-refractivity contribution in [2.75, 3.05) is 19.8 Å². The van der Waals surface area contributed by atoms with E-state index in [0.29, 0.717) is 0 Å². The Balaban J connectivity index is 0. The van der Waals surface area contributed by atoms with Gasteiger partial charge in [-0.15, -0.1) is 13.2 Å². The van der Waals surface area contributed by atoms with Crippen molar-refractivity contribution >= 4 is 9.76 Å². The molecule has 3 nitrogen and oxygen atoms in total. The van der Waals surface area contributed by atoms with E-state index in [0.717, 1.165) is 6.61 Å². The van der Waals surface area contributed by atoms with Gasteiger partial charge in [-0.1, -0.05) is 6.42 Å². The topological polar surface area (TPSA) is 49.7 Å². The third kappa shape index (κ3) is 16.4. The molecule has 4 heteroatoms. The molecule has 0 aromatic rings. The van der Waals surface area contributed by atoms with Crippen LogP contribution in [0.15, 0.2) is 13.2 Å². The van der Waals surface area contributed by atoms with Crippen LogP contribution in [0.4, 0.5) is 0 Å². The summed E-state index contributed by atoms with van der Waals surface area (Å²) in [5.41, 5.74) is 0. The Kier molecular flexibility index (Phi) is 20.4. The molecular formula is C8H20O3Si. The van der Waals surface area contributed by atoms with Gasteiger partial charge in [0.05, 0.1) is 13.2 Å². The molecule has 1 heterocycles. The minimum Gasteiger partial charge on any atom is -0.424 e. The molecule has 0 spiro atoms. The van der Waals surface area contributed by atoms with Gasteiger partial charge < -0.3 is 14.6 Å². The van der Waals surface area contributed by atoms with Crippen LogP contribution in [0.2, 0.25) is 6.04 Å². The highest BCUT2D eigenvalue weighted by molar-refractivity contribution is 6.27. The lowest BCUT2D eigenvalue weighted by atomic mass is 10.4. The molecule has 0 aromatic heterocycles. The Labute approximate surface area is 77.0 Å². The number of hydrogen-bond acceptors (Lipinski definition) is 3. The van der Waals surface area contributed by atoms with Crippen LogP contribution in [0.5, 0.6) is 0 Å². The fourth-order valence-corrected chi connectivity index (χ4v) is 1.86. The van der Waals surface area contributed by atoms with Crippen LogP contribution in [0.25, 0.3) is 0 Å². The van der Waals surface area contributed by atoms with E-state index in [1.54, 1.807) is 0 Å². The first-order chi connectivity index (χ1) is 5.91. The molecule has 2 N–H and O–H groups in total. The average molecular weight is 192 g/mol. The highest BCUT2D eigenvalue weighted by atomic mass is 28.2. The van der Waals surface area contributed by atoms with Crippen LogP contribution in [-0.4, -0.2) is 39.8 Å². The number of aliphatic hydroxyl groups excluding tert-OH is 2. The molecule has 1 aliphatic rings. The van der Waals surface area contributed by atoms with Gasteiger partial charge in [0.25, 0.3) is 0 Å². The highest BCUT2D eigenvalue weighted by Crippen LogP contribution is 2.01. The zero-order valence-corrected chi connectivity index (χ0v) is 9.08. The second-order valence-electron chi connectivity index (χ2n) is 2.12. The van der Waals surface area contributed by atoms with E-state index in [1.807, 2.05) is 0 Å². The summed E-state index contributed by atoms with van der Waals surface area (Å²) in [5, 5.41) is 15.2. The van der Waals surface area contributed by atoms with Crippen molar-refractivity contribution in [1.82, 2.24) is 0 Å². The standard InChI is InChI=1S/C4H10OSi.C2H6O2.C2H4/c1-2-4-6-5-3-1;3-1-2-4;1-2/h1-4,6H2;3-4H,1-2H2;1-2H2. The van der Waals surface area contributed by atoms with Gasteiger partial charge in [-0.25, -0.2) is 0 Å². The highest BCUT2D eigenvalue weighted by Gasteiger charge is 1.96. The lowest BCUT2D eigenvalue weighted by Gasteiger charge is -2.07. The van der Waals surface area contributed by atoms with Crippen molar-refractivity contribution in [2.24, 2.45) is 0 Å². The maximum Gasteiger partial charge on any atom is 0.161 e. The molecule has 0 atom stereocenters. The summed E-state index contributed by atoms with van der Waals surface area (Å²) in [6, 6.07) is 1.42. The fourth-order valence-electron chi connectivity index (χ4n) is 0.687. The second-order valence-corrected chi connectivity index (χ2v) is 3.64. The molecular weight excluding hydrogens is 172 g/mol. The lowest BCUT2D eigenvalue weighted by Crippen LogP contribution is -2.06. The predicted octanol–water partition coefficient (Wildman–Crippen LogP) is 0.0721. The van der Waals surface area contributed by atoms with Gasteiger partial charge in [-0.05, 0) is 12.5 Å². The maximum atomic E-state index is 7.62. The third-order valence-corrected chi connectivity index (χ3v) is 2.54. The molecule has 0 unspecified atom stereocenters. The summed E-state index contributed by atoms with van der Waals surface area (Å²) in [4.78, 5) is 0. The Morgan fingerprint density at radius 3 is 1.83 bits per heavy atom. The Morgan fingerprint density at radius 1 is 1.17 bits per heavy atom. The second kappa shape index (κ2) is 17.1. The van der Waals surface area contributed by atoms with Gasteiger partial charge in [0.15, 0.2) is 9.76 Å². The van der Waals surface area contributed by atoms with Crippen LogP contribution in [0, 0.1) is 0 Å². The van der Waals surface area contributed by atoms with E-state index in [4.69, 9.17) is 14.6 Å². The summed E-state index contributed by atoms with van der Waals surface area (Å²) >= 11 is 0. The fraction of sp³-hybridized carbons (Fsp3) is 0.750. The largest absolute Gasteiger partial charge is 0.424 e. The van der Waals surface area contributed by atoms with Crippen LogP contribution in [0.1, 0.15) is 12.8 Å². The van der Waals surface area contributed by atoms with Gasteiger partial charge in [0.2, 0.25) is 0 Å². The van der Waals surface area contributed by atoms with Gasteiger partial charge in [0, 0.05) is 6.61 Å². The molecule has 0 aromatic carbocycles. The van der Waals surface area contributed by atoms with E-state index in [2.05, 4.69) is 13.2 Å². The zero-order valence-electron chi connectivity index (χ0n) is 7.67. The molecule has 74 valence electrons. The maximum absolute atomic E-state index is 7.62. The molecule has 1 saturated heterocycles. The van der Waals surface area contributed by atoms with Gasteiger partial charge in [-0.2, -0.15) is 0 Å². The van der Waals surface area contributed by atoms with Crippen LogP contribution in [0.3, 0.4) is 0 Å². The molecule has 0 amide bonds. The Bertz CT molecular complexity index is 53.8. The van der Waals surface area contributed by atoms with E-state index in [-0.39, 0.29) is 23.0 Å². The molecule has 1 aliphatic heterocycles. The third-order valence-electron chi connectivity index (χ3n) is 1.18. The van der Waals surface area contributed by atoms with E-state index < -0.39 is 0 Å². The van der Waals surface area contributed by atoms with Crippen molar-refractivity contribution < 1.29 is 14.6 Å². The predicted molar refractivity (Wildman–Crippen MR) is 54.0 cm³/mol. The molecule has 0 radical (unpaired) electrons. The monoisotopic (exact) mass is 192 g/mol. The Morgan fingerprint density at radius 2 is 1.75 bits per heavy atom. The molecule has 1 rings (SSSR count). The van der Waals surface area contributed by atoms with Gasteiger partial charge in [0.1, 0.15) is 0 Å². The van der Waals surface area contributed by atoms with Crippen molar-refractivity contribution in [3.8, 4) is 0 Å². The first-order valence-corrected chi connectivity index (χ1v) is 5.79. The molecule has 1 fully saturated rings. The van der Waals surface area contributed by atoms with E-state index in [9.17, 15) is 0 Å². The van der Waals surface area contributed by atoms with Gasteiger partial charge >= 0.3 is 0 Å². The molecule has 0 saturated carbocycles. The van der Waals surface area contributed by atoms with Crippen LogP contribution < -0.4 is 0 Å². The smallest absolute Gasteiger partial charge is 0.161 e. The van der Waals surface area contributed by atoms with Crippen molar-refractivity contribution in [3.63, 3.8) is 0 Å². The first kappa shape index (κ1) is 14.4. The molecule has 12 heavy (non-hydrogen) atoms. The molecule has 0 aliphatic carbocycles. The van der Waals surface area contributed by atoms with Crippen molar-refractivity contribution in [2.45, 2.75) is 18.9 Å². The zero-order chi connectivity index (χ0) is 9.66. The van der Waals surface area contributed by atoms with Crippen molar-refractivity contribution in [3.05, 3.63) is 13.2 Å². The van der Waals surface area contributed by atoms with Gasteiger partial charge in [-0.3, -0.25) is 0 Å². The summed E-state index contributed by atoms with van der Waals surface area (Å²) in [5.74, 6) is 0. The minimum atomic E-state index is -0.125. The number of rotatable bonds is 1. The molecule has 0 bridgehead atoms. The quantitative estimate of drug-likeness (QED) is 0.457. The van der Waals surface area contributed by atoms with Crippen LogP contribution >= 0.6 is 0 Å². The number of hydrogen-bond donors (Lipinski definition) is 2. The summed E-state index contributed by atoms with van der Waals surface area (Å²) < 4.78 is 5.21. The normalized spacial score (nSPS) is 16.8. The first-order valence-electron chi connectivity index (χ1n) is 4.21. The Hall–Kier alpha value is -0.163. The summed E-state index contributed by atoms with van der Waals surface area (Å²) in [6.45, 7) is 6.81.